The molecule has 2 aliphatic rings. The van der Waals surface area contributed by atoms with Gasteiger partial charge in [0.15, 0.2) is 28.9 Å². The second-order valence-corrected chi connectivity index (χ2v) is 37.8. The van der Waals surface area contributed by atoms with E-state index in [0.29, 0.717) is 156 Å². The Balaban J connectivity index is 0.000000601. The minimum atomic E-state index is -1.03. The highest BCUT2D eigenvalue weighted by Gasteiger charge is 2.29. The molecule has 4 atom stereocenters. The summed E-state index contributed by atoms with van der Waals surface area (Å²) in [5.41, 5.74) is 42.0. The van der Waals surface area contributed by atoms with Crippen LogP contribution in [0.5, 0.6) is 0 Å². The van der Waals surface area contributed by atoms with Crippen LogP contribution in [0.1, 0.15) is 189 Å². The van der Waals surface area contributed by atoms with Crippen molar-refractivity contribution in [3.63, 3.8) is 0 Å². The molecule has 2 heterocycles. The quantitative estimate of drug-likeness (QED) is 0.00565. The zero-order chi connectivity index (χ0) is 105. The Kier molecular flexibility index (Phi) is 65.4. The number of amides is 5. The Bertz CT molecular complexity index is 5110. The summed E-state index contributed by atoms with van der Waals surface area (Å²) in [6.07, 6.45) is 13.5. The standard InChI is InChI=1S/C21H32N4O5S.2C21H27N3O5S.C18H26N2O5S.C17H24N2O4S.CH4/c1-14(22)24-8-3-5-16(21(28)29)12-19(26)15-6-7-17(23)18(11-15)25-20(27)13-31-10-4-9-30-2;1-29-7-2-8-30-13-20(26)24-18-10-15(3-4-17(18)22)19(25)11-16(21(27)28)9-14-5-6-23-12-14;1-29-5-2-6-30-13-20(26)24-18-9-15(8-17(22)11-18)19(25)10-16(21(27)28)7-14-3-4-23-12-14;1-12(22)14(10-21)9-17(23)13-4-5-15(19)16(8-13)20-18(24)11-26-7-3-6-25-2;1-12(20)4-7-16(21)13-5-6-14(18)15(10-13)19-17(22)11-24-9-3-8-23-2;/h6-7,11,16H,3-5,8-10,12-13,23H2,1-2H3,(H2,22,24)(H,25,27)(H,28,29);3-4,6,10,12,16H,2,5,7-9,11,13,22H2,1H3,(H,24,26)(H,27,28);4,8-9,11-12,16H,2-3,5-7,10,13,22H2,1H3,(H,24,26)(H,27,28);4-5,8,14,21H,3,6-7,9-11,19H2,1-2H3,(H,20,24);5-6,10H,3-4,7-9,11,18H2,1-2H3,(H,19,22);1H4. The number of aliphatic hydroxyl groups is 1. The molecule has 142 heavy (non-hydrogen) atoms. The van der Waals surface area contributed by atoms with Gasteiger partial charge in [-0.25, -0.2) is 0 Å². The van der Waals surface area contributed by atoms with Crippen molar-refractivity contribution in [3.8, 4) is 0 Å². The smallest absolute Gasteiger partial charge is 0.307 e. The third-order valence-electron chi connectivity index (χ3n) is 20.3. The summed E-state index contributed by atoms with van der Waals surface area (Å²) < 4.78 is 24.8. The van der Waals surface area contributed by atoms with Gasteiger partial charge in [0.2, 0.25) is 29.5 Å². The van der Waals surface area contributed by atoms with E-state index < -0.39 is 41.6 Å². The molecule has 4 unspecified atom stereocenters. The summed E-state index contributed by atoms with van der Waals surface area (Å²) in [6, 6.07) is 23.1. The summed E-state index contributed by atoms with van der Waals surface area (Å²) >= 11 is 7.45. The van der Waals surface area contributed by atoms with Crippen LogP contribution in [0.2, 0.25) is 0 Å². The average molecular weight is 2070 g/mol. The van der Waals surface area contributed by atoms with Crippen LogP contribution in [0.3, 0.4) is 0 Å². The maximum Gasteiger partial charge on any atom is 0.307 e. The number of aliphatic hydroxyl groups excluding tert-OH is 1. The van der Waals surface area contributed by atoms with E-state index in [9.17, 15) is 92.3 Å². The van der Waals surface area contributed by atoms with Crippen LogP contribution in [0, 0.1) is 23.7 Å². The summed E-state index contributed by atoms with van der Waals surface area (Å²) in [4.78, 5) is 192. The number of hydrogen-bond donors (Lipinski definition) is 15. The number of nitrogen functional groups attached to an aromatic ring is 5. The Labute approximate surface area is 851 Å². The molecule has 21 N–H and O–H groups in total. The van der Waals surface area contributed by atoms with Gasteiger partial charge in [-0.05, 0) is 209 Å². The number of hydrogen-bond acceptors (Lipinski definition) is 34. The van der Waals surface area contributed by atoms with E-state index >= 15 is 0 Å². The first-order valence-electron chi connectivity index (χ1n) is 45.3. The minimum absolute atomic E-state index is 0. The molecular weight excluding hydrogens is 1930 g/mol. The normalized spacial score (nSPS) is 12.4. The van der Waals surface area contributed by atoms with E-state index in [-0.39, 0.29) is 164 Å². The minimum Gasteiger partial charge on any atom is -0.481 e. The fourth-order valence-electron chi connectivity index (χ4n) is 12.7. The van der Waals surface area contributed by atoms with Crippen LogP contribution < -0.4 is 61.0 Å². The third-order valence-corrected chi connectivity index (χ3v) is 25.5. The largest absolute Gasteiger partial charge is 0.481 e. The number of aliphatic imine (C=N–C) groups is 3. The predicted molar refractivity (Wildman–Crippen MR) is 571 cm³/mol. The molecule has 0 aliphatic carbocycles. The number of nitrogens with zero attached hydrogens (tertiary/aromatic N) is 3. The maximum absolute atomic E-state index is 12.7. The van der Waals surface area contributed by atoms with Gasteiger partial charge >= 0.3 is 17.9 Å². The fourth-order valence-corrected chi connectivity index (χ4v) is 16.4. The number of methoxy groups -OCH3 is 5. The van der Waals surface area contributed by atoms with Crippen molar-refractivity contribution in [1.82, 2.24) is 0 Å². The van der Waals surface area contributed by atoms with Crippen LogP contribution in [0.4, 0.5) is 56.9 Å². The first kappa shape index (κ1) is 126. The van der Waals surface area contributed by atoms with E-state index in [1.165, 1.54) is 127 Å². The molecule has 38 nitrogen and oxygen atoms in total. The first-order valence-corrected chi connectivity index (χ1v) is 51.1. The maximum atomic E-state index is 12.7. The van der Waals surface area contributed by atoms with Gasteiger partial charge in [-0.3, -0.25) is 82.1 Å². The lowest BCUT2D eigenvalue weighted by Crippen LogP contribution is -2.20. The molecule has 5 aromatic carbocycles. The molecule has 780 valence electrons. The van der Waals surface area contributed by atoms with Gasteiger partial charge < -0.3 is 110 Å². The summed E-state index contributed by atoms with van der Waals surface area (Å²) in [6.45, 7) is 7.76. The molecular formula is C99H140N14O24S5. The van der Waals surface area contributed by atoms with Gasteiger partial charge in [0.1, 0.15) is 11.6 Å². The number of carbonyl (C=O) groups excluding carboxylic acids is 12. The number of Topliss-reactive ketones (excluding diaryl/α,β-unsaturated/α-hetero) is 7. The van der Waals surface area contributed by atoms with Crippen molar-refractivity contribution in [1.29, 1.82) is 0 Å². The second kappa shape index (κ2) is 73.4. The Morgan fingerprint density at radius 1 is 0.394 bits per heavy atom. The molecule has 0 radical (unpaired) electrons. The number of allylic oxidation sites excluding steroid dienone is 2. The Hall–Kier alpha value is -11.7. The lowest BCUT2D eigenvalue weighted by atomic mass is 9.91. The van der Waals surface area contributed by atoms with E-state index in [1.54, 1.807) is 104 Å². The van der Waals surface area contributed by atoms with Crippen LogP contribution in [0.25, 0.3) is 0 Å². The molecule has 0 spiro atoms. The molecule has 0 fully saturated rings. The summed E-state index contributed by atoms with van der Waals surface area (Å²) in [5, 5.41) is 51.2. The molecule has 0 aromatic heterocycles. The van der Waals surface area contributed by atoms with E-state index in [2.05, 4.69) is 41.6 Å². The van der Waals surface area contributed by atoms with Gasteiger partial charge in [-0.15, -0.1) is 0 Å². The highest BCUT2D eigenvalue weighted by molar-refractivity contribution is 8.00. The van der Waals surface area contributed by atoms with Gasteiger partial charge in [-0.1, -0.05) is 7.43 Å². The molecule has 0 bridgehead atoms. The third kappa shape index (κ3) is 54.5. The van der Waals surface area contributed by atoms with Gasteiger partial charge in [0.25, 0.3) is 0 Å². The molecule has 0 saturated heterocycles. The number of nitrogens with two attached hydrogens (primary N) is 6. The lowest BCUT2D eigenvalue weighted by molar-refractivity contribution is -0.142. The van der Waals surface area contributed by atoms with Crippen LogP contribution in [-0.4, -0.2) is 266 Å². The van der Waals surface area contributed by atoms with Gasteiger partial charge in [0, 0.05) is 196 Å². The summed E-state index contributed by atoms with van der Waals surface area (Å²) in [5.74, 6) is -3.12. The van der Waals surface area contributed by atoms with Crippen molar-refractivity contribution in [3.05, 3.63) is 142 Å². The van der Waals surface area contributed by atoms with Crippen molar-refractivity contribution < 1.29 is 116 Å². The Morgan fingerprint density at radius 2 is 0.704 bits per heavy atom. The monoisotopic (exact) mass is 2070 g/mol. The lowest BCUT2D eigenvalue weighted by Gasteiger charge is -2.13. The number of anilines is 10. The number of carboxylic acids is 3. The SMILES string of the molecule is C.COCCCSCC(=O)Nc1cc(C(=O)CC(CC2=CN=CC2)C(=O)O)ccc1N.COCCCSCC(=O)Nc1cc(C(=O)CC(CCCN=C(C)N)C(=O)O)ccc1N.COCCCSCC(=O)Nc1cc(C(=O)CC(CO)C(C)=O)ccc1N.COCCCSCC(=O)Nc1cc(C(=O)CCC(C)=O)ccc1N.COCCCSCC(=O)Nc1cc(N)cc(C(=O)CC(CC2=CN=CC2)C(=O)O)c1. The number of ketones is 7. The zero-order valence-electron chi connectivity index (χ0n) is 81.1. The fraction of sp³-hybridized carbons (Fsp3) is 0.475. The number of benzene rings is 5. The number of amidine groups is 1. The van der Waals surface area contributed by atoms with Crippen molar-refractivity contribution in [2.24, 2.45) is 44.4 Å². The van der Waals surface area contributed by atoms with Crippen molar-refractivity contribution >= 4 is 222 Å². The predicted octanol–water partition coefficient (Wildman–Crippen LogP) is 13.3. The molecule has 7 rings (SSSR count). The van der Waals surface area contributed by atoms with Crippen LogP contribution >= 0.6 is 58.8 Å². The topological polar surface area (TPSA) is 636 Å². The Morgan fingerprint density at radius 3 is 0.993 bits per heavy atom. The highest BCUT2D eigenvalue weighted by Crippen LogP contribution is 2.31. The highest BCUT2D eigenvalue weighted by atomic mass is 32.2. The number of thioether (sulfide) groups is 5. The molecule has 0 saturated carbocycles. The number of nitrogens with one attached hydrogen (secondary N) is 5. The van der Waals surface area contributed by atoms with Crippen LogP contribution in [0.15, 0.2) is 130 Å². The molecule has 43 heteroatoms. The van der Waals surface area contributed by atoms with Crippen molar-refractivity contribution in [2.45, 2.75) is 137 Å². The number of carboxylic acid groups (broad SMARTS) is 3. The van der Waals surface area contributed by atoms with E-state index in [4.69, 9.17) is 58.1 Å². The molecule has 5 amide bonds. The number of aliphatic carboxylic acids is 3. The molecule has 2 aliphatic heterocycles. The number of ether oxygens (including phenoxy) is 5. The number of rotatable bonds is 64. The van der Waals surface area contributed by atoms with E-state index in [1.807, 2.05) is 0 Å². The van der Waals surface area contributed by atoms with Crippen molar-refractivity contribution in [2.75, 3.05) is 195 Å². The number of carbonyl (C=O) groups is 15. The average Bonchev–Trinajstić information content (AvgIpc) is 1.30. The van der Waals surface area contributed by atoms with Crippen LogP contribution in [-0.2, 0) is 71.6 Å². The van der Waals surface area contributed by atoms with Gasteiger partial charge in [-0.2, -0.15) is 58.8 Å². The molecule has 5 aromatic rings. The summed E-state index contributed by atoms with van der Waals surface area (Å²) in [7, 11) is 8.17. The second-order valence-electron chi connectivity index (χ2n) is 32.2. The zero-order valence-corrected chi connectivity index (χ0v) is 85.2. The van der Waals surface area contributed by atoms with Gasteiger partial charge in [0.05, 0.1) is 104 Å². The first-order chi connectivity index (χ1) is 67.3. The van der Waals surface area contributed by atoms with E-state index in [0.717, 1.165) is 72.0 Å².